The Bertz CT molecular complexity index is 1180. The molecule has 2 aromatic rings. The number of hydrogen-bond acceptors (Lipinski definition) is 10. The zero-order chi connectivity index (χ0) is 29.9. The van der Waals surface area contributed by atoms with Crippen molar-refractivity contribution >= 4 is 49.1 Å². The maximum Gasteiger partial charge on any atom is 0.408 e. The van der Waals surface area contributed by atoms with Gasteiger partial charge in [0.1, 0.15) is 24.1 Å². The molecule has 0 aromatic carbocycles. The topological polar surface area (TPSA) is 150 Å². The molecule has 12 nitrogen and oxygen atoms in total. The van der Waals surface area contributed by atoms with E-state index in [9.17, 15) is 14.7 Å². The van der Waals surface area contributed by atoms with Gasteiger partial charge < -0.3 is 29.6 Å². The fraction of sp³-hybridized carbons (Fsp3) is 0.731. The summed E-state index contributed by atoms with van der Waals surface area (Å²) < 4.78 is 19.5. The summed E-state index contributed by atoms with van der Waals surface area (Å²) in [7, 11) is -1.97. The first-order valence-electron chi connectivity index (χ1n) is 13.5. The molecular formula is C26H44N6O6SSi. The number of rotatable bonds is 10. The number of aliphatic hydroxyl groups is 1. The first-order valence-corrected chi connectivity index (χ1v) is 17.8. The molecule has 4 atom stereocenters. The van der Waals surface area contributed by atoms with Crippen molar-refractivity contribution in [2.75, 3.05) is 23.9 Å². The van der Waals surface area contributed by atoms with Crippen LogP contribution in [0.5, 0.6) is 0 Å². The second-order valence-corrected chi connectivity index (χ2v) is 18.3. The molecular weight excluding hydrogens is 552 g/mol. The van der Waals surface area contributed by atoms with Gasteiger partial charge in [-0.2, -0.15) is 11.8 Å². The number of carbonyl (C=O) groups is 2. The maximum absolute atomic E-state index is 13.2. The van der Waals surface area contributed by atoms with Gasteiger partial charge in [-0.1, -0.05) is 20.8 Å². The van der Waals surface area contributed by atoms with Gasteiger partial charge in [0, 0.05) is 6.42 Å². The van der Waals surface area contributed by atoms with Gasteiger partial charge in [0.25, 0.3) is 0 Å². The third kappa shape index (κ3) is 8.15. The first kappa shape index (κ1) is 32.3. The molecule has 0 aliphatic carbocycles. The van der Waals surface area contributed by atoms with E-state index in [1.807, 2.05) is 6.26 Å². The largest absolute Gasteiger partial charge is 0.444 e. The molecule has 1 aliphatic heterocycles. The zero-order valence-corrected chi connectivity index (χ0v) is 26.8. The van der Waals surface area contributed by atoms with E-state index in [2.05, 4.69) is 59.5 Å². The van der Waals surface area contributed by atoms with Crippen molar-refractivity contribution in [1.82, 2.24) is 24.8 Å². The summed E-state index contributed by atoms with van der Waals surface area (Å²) in [6.45, 7) is 16.6. The minimum atomic E-state index is -1.97. The Balaban J connectivity index is 1.74. The maximum atomic E-state index is 13.2. The summed E-state index contributed by atoms with van der Waals surface area (Å²) in [6, 6.07) is -0.837. The van der Waals surface area contributed by atoms with Crippen molar-refractivity contribution in [2.24, 2.45) is 0 Å². The molecule has 3 rings (SSSR count). The molecule has 1 aliphatic rings. The number of fused-ring (bicyclic) bond motifs is 1. The molecule has 0 saturated carbocycles. The van der Waals surface area contributed by atoms with E-state index in [4.69, 9.17) is 13.9 Å². The number of anilines is 1. The summed E-state index contributed by atoms with van der Waals surface area (Å²) in [4.78, 5) is 38.5. The highest BCUT2D eigenvalue weighted by Crippen LogP contribution is 2.38. The molecule has 1 fully saturated rings. The number of nitrogens with zero attached hydrogens (tertiary/aromatic N) is 4. The average molecular weight is 597 g/mol. The van der Waals surface area contributed by atoms with Crippen LogP contribution in [0.2, 0.25) is 18.1 Å². The van der Waals surface area contributed by atoms with Crippen molar-refractivity contribution in [3.8, 4) is 0 Å². The normalized spacial score (nSPS) is 20.9. The standard InChI is InChI=1S/C26H44N6O6SSi/c1-25(2,3)38-24(35)30-17(10-11-39-7)22(34)31-20-19-21(28-14-27-20)32(15-29-19)23-18(33)12-16(37-23)13-36-40(8,9)26(4,5)6/h14-18,23,33H,10-13H2,1-9H3,(H,30,35)(H,27,28,31,34)/t16-,17-,18+,23+/m0/s1. The van der Waals surface area contributed by atoms with Gasteiger partial charge in [0.2, 0.25) is 5.91 Å². The Labute approximate surface area is 241 Å². The SMILES string of the molecule is CSCC[C@H](NC(=O)OC(C)(C)C)C(=O)Nc1ncnc2c1ncn2[C@@H]1O[C@H](CO[Si](C)(C)C(C)(C)C)C[C@H]1O. The molecule has 2 amide bonds. The lowest BCUT2D eigenvalue weighted by atomic mass is 10.2. The number of amides is 2. The lowest BCUT2D eigenvalue weighted by Gasteiger charge is -2.36. The fourth-order valence-electron chi connectivity index (χ4n) is 3.89. The van der Waals surface area contributed by atoms with E-state index in [1.165, 1.54) is 12.7 Å². The molecule has 224 valence electrons. The number of hydrogen-bond donors (Lipinski definition) is 3. The van der Waals surface area contributed by atoms with Gasteiger partial charge in [0.05, 0.1) is 19.0 Å². The van der Waals surface area contributed by atoms with Crippen LogP contribution < -0.4 is 10.6 Å². The molecule has 3 heterocycles. The predicted molar refractivity (Wildman–Crippen MR) is 158 cm³/mol. The Morgan fingerprint density at radius 3 is 2.55 bits per heavy atom. The Kier molecular flexibility index (Phi) is 10.3. The molecule has 0 unspecified atom stereocenters. The number of nitrogens with one attached hydrogen (secondary N) is 2. The summed E-state index contributed by atoms with van der Waals surface area (Å²) >= 11 is 1.56. The van der Waals surface area contributed by atoms with Crippen LogP contribution in [0.4, 0.5) is 10.6 Å². The van der Waals surface area contributed by atoms with E-state index >= 15 is 0 Å². The number of aliphatic hydroxyl groups excluding tert-OH is 1. The van der Waals surface area contributed by atoms with Crippen LogP contribution in [0, 0.1) is 0 Å². The number of thioether (sulfide) groups is 1. The van der Waals surface area contributed by atoms with Crippen LogP contribution in [0.15, 0.2) is 12.7 Å². The monoisotopic (exact) mass is 596 g/mol. The van der Waals surface area contributed by atoms with Gasteiger partial charge in [-0.25, -0.2) is 19.7 Å². The zero-order valence-electron chi connectivity index (χ0n) is 25.0. The fourth-order valence-corrected chi connectivity index (χ4v) is 5.40. The summed E-state index contributed by atoms with van der Waals surface area (Å²) in [5.74, 6) is 0.396. The minimum Gasteiger partial charge on any atom is -0.444 e. The van der Waals surface area contributed by atoms with Crippen LogP contribution >= 0.6 is 11.8 Å². The Morgan fingerprint density at radius 1 is 1.23 bits per heavy atom. The van der Waals surface area contributed by atoms with Crippen molar-refractivity contribution in [3.63, 3.8) is 0 Å². The Hall–Kier alpha value is -2.26. The van der Waals surface area contributed by atoms with Crippen LogP contribution in [0.1, 0.15) is 60.6 Å². The van der Waals surface area contributed by atoms with Gasteiger partial charge in [-0.05, 0) is 57.3 Å². The highest BCUT2D eigenvalue weighted by Gasteiger charge is 2.41. The van der Waals surface area contributed by atoms with Crippen LogP contribution in [0.25, 0.3) is 11.2 Å². The second kappa shape index (κ2) is 12.7. The minimum absolute atomic E-state index is 0.0682. The molecule has 0 spiro atoms. The van der Waals surface area contributed by atoms with Crippen molar-refractivity contribution in [2.45, 2.75) is 103 Å². The van der Waals surface area contributed by atoms with Crippen molar-refractivity contribution < 1.29 is 28.6 Å². The quantitative estimate of drug-likeness (QED) is 0.342. The molecule has 1 saturated heterocycles. The molecule has 0 radical (unpaired) electrons. The highest BCUT2D eigenvalue weighted by molar-refractivity contribution is 7.98. The third-order valence-corrected chi connectivity index (χ3v) is 12.2. The van der Waals surface area contributed by atoms with Gasteiger partial charge in [-0.15, -0.1) is 0 Å². The van der Waals surface area contributed by atoms with Crippen molar-refractivity contribution in [1.29, 1.82) is 0 Å². The molecule has 40 heavy (non-hydrogen) atoms. The lowest BCUT2D eigenvalue weighted by Crippen LogP contribution is -2.46. The highest BCUT2D eigenvalue weighted by atomic mass is 32.2. The van der Waals surface area contributed by atoms with Crippen LogP contribution in [-0.4, -0.2) is 87.4 Å². The number of carbonyl (C=O) groups excluding carboxylic acids is 2. The molecule has 0 bridgehead atoms. The molecule has 3 N–H and O–H groups in total. The third-order valence-electron chi connectivity index (χ3n) is 7.09. The molecule has 14 heteroatoms. The number of aromatic nitrogens is 4. The summed E-state index contributed by atoms with van der Waals surface area (Å²) in [5, 5.41) is 16.3. The van der Waals surface area contributed by atoms with E-state index in [0.29, 0.717) is 36.4 Å². The summed E-state index contributed by atoms with van der Waals surface area (Å²) in [6.07, 6.45) is 3.13. The Morgan fingerprint density at radius 2 is 1.93 bits per heavy atom. The smallest absolute Gasteiger partial charge is 0.408 e. The van der Waals surface area contributed by atoms with E-state index in [1.54, 1.807) is 37.1 Å². The van der Waals surface area contributed by atoms with Crippen molar-refractivity contribution in [3.05, 3.63) is 12.7 Å². The number of alkyl carbamates (subject to hydrolysis) is 1. The number of ether oxygens (including phenoxy) is 2. The summed E-state index contributed by atoms with van der Waals surface area (Å²) in [5.41, 5.74) is 0.0496. The van der Waals surface area contributed by atoms with Crippen LogP contribution in [0.3, 0.4) is 0 Å². The van der Waals surface area contributed by atoms with Gasteiger partial charge in [0.15, 0.2) is 31.5 Å². The number of imidazole rings is 1. The predicted octanol–water partition coefficient (Wildman–Crippen LogP) is 4.08. The van der Waals surface area contributed by atoms with E-state index in [0.717, 1.165) is 0 Å². The van der Waals surface area contributed by atoms with Gasteiger partial charge >= 0.3 is 6.09 Å². The average Bonchev–Trinajstić information content (AvgIpc) is 3.42. The molecule has 2 aromatic heterocycles. The first-order chi connectivity index (χ1) is 18.5. The van der Waals surface area contributed by atoms with E-state index in [-0.39, 0.29) is 17.0 Å². The lowest BCUT2D eigenvalue weighted by molar-refractivity contribution is -0.118. The van der Waals surface area contributed by atoms with E-state index < -0.39 is 44.3 Å². The van der Waals surface area contributed by atoms with Gasteiger partial charge in [-0.3, -0.25) is 9.36 Å². The second-order valence-electron chi connectivity index (χ2n) is 12.5. The van der Waals surface area contributed by atoms with Crippen LogP contribution in [-0.2, 0) is 18.7 Å².